The lowest BCUT2D eigenvalue weighted by molar-refractivity contribution is 0.699. The minimum absolute atomic E-state index is 0.0481. The molecule has 1 N–H and O–H groups in total. The van der Waals surface area contributed by atoms with Gasteiger partial charge >= 0.3 is 0 Å². The second kappa shape index (κ2) is 6.20. The SMILES string of the molecule is Cn1c(NCc2nc3ccccc3n2C)nc2sc3c(c2c1=O)CCCC3. The van der Waals surface area contributed by atoms with Crippen molar-refractivity contribution in [3.05, 3.63) is 50.9 Å². The van der Waals surface area contributed by atoms with Crippen molar-refractivity contribution in [3.63, 3.8) is 0 Å². The number of fused-ring (bicyclic) bond motifs is 4. The molecule has 138 valence electrons. The number of rotatable bonds is 3. The van der Waals surface area contributed by atoms with E-state index >= 15 is 0 Å². The number of para-hydroxylation sites is 2. The molecule has 0 saturated carbocycles. The molecule has 0 bridgehead atoms. The fourth-order valence-electron chi connectivity index (χ4n) is 3.96. The molecule has 0 radical (unpaired) electrons. The summed E-state index contributed by atoms with van der Waals surface area (Å²) in [5.41, 5.74) is 3.35. The Bertz CT molecular complexity index is 1230. The van der Waals surface area contributed by atoms with E-state index in [0.717, 1.165) is 46.3 Å². The van der Waals surface area contributed by atoms with Crippen molar-refractivity contribution in [1.82, 2.24) is 19.1 Å². The highest BCUT2D eigenvalue weighted by Gasteiger charge is 2.21. The van der Waals surface area contributed by atoms with Crippen LogP contribution in [-0.2, 0) is 33.5 Å². The molecule has 0 saturated heterocycles. The molecule has 0 fully saturated rings. The van der Waals surface area contributed by atoms with Crippen LogP contribution in [0.5, 0.6) is 0 Å². The lowest BCUT2D eigenvalue weighted by atomic mass is 9.97. The van der Waals surface area contributed by atoms with Crippen molar-refractivity contribution in [3.8, 4) is 0 Å². The first-order valence-corrected chi connectivity index (χ1v) is 10.1. The summed E-state index contributed by atoms with van der Waals surface area (Å²) in [4.78, 5) is 24.6. The van der Waals surface area contributed by atoms with E-state index in [1.165, 1.54) is 16.9 Å². The molecule has 0 spiro atoms. The largest absolute Gasteiger partial charge is 0.348 e. The third-order valence-corrected chi connectivity index (χ3v) is 6.67. The standard InChI is InChI=1S/C20H21N5OS/c1-24-14-9-5-4-8-13(14)22-16(24)11-21-20-23-18-17(19(26)25(20)2)12-7-3-6-10-15(12)27-18/h4-5,8-9H,3,6-7,10-11H2,1-2H3,(H,21,23). The number of hydrogen-bond donors (Lipinski definition) is 1. The lowest BCUT2D eigenvalue weighted by Crippen LogP contribution is -2.23. The van der Waals surface area contributed by atoms with Crippen LogP contribution in [0.2, 0.25) is 0 Å². The minimum Gasteiger partial charge on any atom is -0.348 e. The van der Waals surface area contributed by atoms with Gasteiger partial charge in [0.05, 0.1) is 23.0 Å². The van der Waals surface area contributed by atoms with E-state index in [9.17, 15) is 4.79 Å². The Morgan fingerprint density at radius 3 is 2.78 bits per heavy atom. The maximum absolute atomic E-state index is 13.0. The molecule has 1 aliphatic carbocycles. The van der Waals surface area contributed by atoms with Gasteiger partial charge in [-0.2, -0.15) is 0 Å². The van der Waals surface area contributed by atoms with Crippen molar-refractivity contribution >= 4 is 38.5 Å². The number of thiophene rings is 1. The number of benzene rings is 1. The minimum atomic E-state index is 0.0481. The number of anilines is 1. The Morgan fingerprint density at radius 2 is 1.93 bits per heavy atom. The summed E-state index contributed by atoms with van der Waals surface area (Å²) < 4.78 is 3.70. The molecule has 27 heavy (non-hydrogen) atoms. The number of hydrogen-bond acceptors (Lipinski definition) is 5. The maximum Gasteiger partial charge on any atom is 0.263 e. The molecular formula is C20H21N5OS. The van der Waals surface area contributed by atoms with Gasteiger partial charge < -0.3 is 9.88 Å². The van der Waals surface area contributed by atoms with Crippen LogP contribution in [0.4, 0.5) is 5.95 Å². The number of imidazole rings is 1. The van der Waals surface area contributed by atoms with Gasteiger partial charge in [-0.3, -0.25) is 9.36 Å². The monoisotopic (exact) mass is 379 g/mol. The van der Waals surface area contributed by atoms with Gasteiger partial charge in [0.1, 0.15) is 10.7 Å². The molecule has 4 aromatic rings. The zero-order valence-corrected chi connectivity index (χ0v) is 16.3. The maximum atomic E-state index is 13.0. The Kier molecular flexibility index (Phi) is 3.79. The predicted octanol–water partition coefficient (Wildman–Crippen LogP) is 3.37. The molecule has 1 aromatic carbocycles. The van der Waals surface area contributed by atoms with Crippen LogP contribution in [0.25, 0.3) is 21.3 Å². The first kappa shape index (κ1) is 16.5. The van der Waals surface area contributed by atoms with Gasteiger partial charge in [0.15, 0.2) is 0 Å². The molecule has 6 nitrogen and oxygen atoms in total. The molecule has 0 unspecified atom stereocenters. The van der Waals surface area contributed by atoms with Crippen molar-refractivity contribution in [2.24, 2.45) is 14.1 Å². The molecule has 0 aliphatic heterocycles. The Labute approximate surface area is 160 Å². The molecular weight excluding hydrogens is 358 g/mol. The fraction of sp³-hybridized carbons (Fsp3) is 0.350. The molecule has 0 atom stereocenters. The van der Waals surface area contributed by atoms with Gasteiger partial charge in [-0.25, -0.2) is 9.97 Å². The van der Waals surface area contributed by atoms with Crippen molar-refractivity contribution in [2.75, 3.05) is 5.32 Å². The van der Waals surface area contributed by atoms with Gasteiger partial charge in [0.25, 0.3) is 5.56 Å². The first-order chi connectivity index (χ1) is 13.1. The Balaban J connectivity index is 1.52. The first-order valence-electron chi connectivity index (χ1n) is 9.29. The summed E-state index contributed by atoms with van der Waals surface area (Å²) in [6.45, 7) is 0.516. The van der Waals surface area contributed by atoms with Crippen molar-refractivity contribution in [1.29, 1.82) is 0 Å². The van der Waals surface area contributed by atoms with Gasteiger partial charge in [-0.15, -0.1) is 11.3 Å². The summed E-state index contributed by atoms with van der Waals surface area (Å²) in [7, 11) is 3.80. The van der Waals surface area contributed by atoms with E-state index in [4.69, 9.17) is 4.98 Å². The van der Waals surface area contributed by atoms with Gasteiger partial charge in [0, 0.05) is 19.0 Å². The molecule has 1 aliphatic rings. The highest BCUT2D eigenvalue weighted by Crippen LogP contribution is 2.34. The highest BCUT2D eigenvalue weighted by molar-refractivity contribution is 7.18. The third-order valence-electron chi connectivity index (χ3n) is 5.48. The topological polar surface area (TPSA) is 64.7 Å². The van der Waals surface area contributed by atoms with Crippen LogP contribution in [0.1, 0.15) is 29.1 Å². The zero-order chi connectivity index (χ0) is 18.5. The second-order valence-corrected chi connectivity index (χ2v) is 8.20. The normalized spacial score (nSPS) is 14.0. The van der Waals surface area contributed by atoms with E-state index in [0.29, 0.717) is 12.5 Å². The van der Waals surface area contributed by atoms with Crippen LogP contribution in [-0.4, -0.2) is 19.1 Å². The zero-order valence-electron chi connectivity index (χ0n) is 15.5. The molecule has 3 heterocycles. The van der Waals surface area contributed by atoms with E-state index in [-0.39, 0.29) is 5.56 Å². The van der Waals surface area contributed by atoms with E-state index in [1.807, 2.05) is 25.2 Å². The summed E-state index contributed by atoms with van der Waals surface area (Å²) in [5.74, 6) is 1.51. The average molecular weight is 379 g/mol. The summed E-state index contributed by atoms with van der Waals surface area (Å²) in [5, 5.41) is 4.14. The second-order valence-electron chi connectivity index (χ2n) is 7.12. The smallest absolute Gasteiger partial charge is 0.263 e. The fourth-order valence-corrected chi connectivity index (χ4v) is 5.21. The van der Waals surface area contributed by atoms with Crippen LogP contribution in [0, 0.1) is 0 Å². The third kappa shape index (κ3) is 2.56. The van der Waals surface area contributed by atoms with Gasteiger partial charge in [0.2, 0.25) is 5.95 Å². The van der Waals surface area contributed by atoms with Gasteiger partial charge in [-0.1, -0.05) is 12.1 Å². The number of nitrogens with one attached hydrogen (secondary N) is 1. The predicted molar refractivity (Wildman–Crippen MR) is 110 cm³/mol. The van der Waals surface area contributed by atoms with E-state index in [1.54, 1.807) is 23.0 Å². The number of aryl methyl sites for hydroxylation is 3. The van der Waals surface area contributed by atoms with Crippen molar-refractivity contribution in [2.45, 2.75) is 32.2 Å². The molecule has 7 heteroatoms. The van der Waals surface area contributed by atoms with E-state index in [2.05, 4.69) is 20.9 Å². The number of aromatic nitrogens is 4. The van der Waals surface area contributed by atoms with Crippen LogP contribution < -0.4 is 10.9 Å². The summed E-state index contributed by atoms with van der Waals surface area (Å²) >= 11 is 1.68. The Hall–Kier alpha value is -2.67. The number of nitrogens with zero attached hydrogens (tertiary/aromatic N) is 4. The van der Waals surface area contributed by atoms with E-state index < -0.39 is 0 Å². The molecule has 0 amide bonds. The summed E-state index contributed by atoms with van der Waals surface area (Å²) in [6.07, 6.45) is 4.44. The van der Waals surface area contributed by atoms with Crippen LogP contribution in [0.3, 0.4) is 0 Å². The van der Waals surface area contributed by atoms with Crippen LogP contribution in [0.15, 0.2) is 29.1 Å². The van der Waals surface area contributed by atoms with Crippen LogP contribution >= 0.6 is 11.3 Å². The quantitative estimate of drug-likeness (QED) is 0.593. The van der Waals surface area contributed by atoms with Gasteiger partial charge in [-0.05, 0) is 43.4 Å². The molecule has 5 rings (SSSR count). The molecule has 3 aromatic heterocycles. The average Bonchev–Trinajstić information content (AvgIpc) is 3.21. The van der Waals surface area contributed by atoms with Crippen molar-refractivity contribution < 1.29 is 0 Å². The highest BCUT2D eigenvalue weighted by atomic mass is 32.1. The lowest BCUT2D eigenvalue weighted by Gasteiger charge is -2.12. The Morgan fingerprint density at radius 1 is 1.11 bits per heavy atom. The summed E-state index contributed by atoms with van der Waals surface area (Å²) in [6, 6.07) is 8.07.